The molecule has 6 nitrogen and oxygen atoms in total. The molecule has 27 heavy (non-hydrogen) atoms. The Hall–Kier alpha value is -2.96. The number of hydrogen-bond acceptors (Lipinski definition) is 5. The molecule has 1 N–H and O–H groups in total. The van der Waals surface area contributed by atoms with Gasteiger partial charge in [-0.25, -0.2) is 4.39 Å². The third kappa shape index (κ3) is 5.03. The number of carbonyl (C=O) groups is 1. The van der Waals surface area contributed by atoms with Gasteiger partial charge in [0, 0.05) is 12.1 Å². The van der Waals surface area contributed by atoms with Crippen molar-refractivity contribution in [2.75, 3.05) is 21.3 Å². The molecule has 0 heterocycles. The Balaban J connectivity index is 2.08. The van der Waals surface area contributed by atoms with Crippen molar-refractivity contribution < 1.29 is 28.1 Å². The van der Waals surface area contributed by atoms with Gasteiger partial charge >= 0.3 is 0 Å². The Morgan fingerprint density at radius 1 is 1.00 bits per heavy atom. The summed E-state index contributed by atoms with van der Waals surface area (Å²) in [6.07, 6.45) is -0.228. The molecule has 0 saturated heterocycles. The number of carbonyl (C=O) groups excluding carboxylic acids is 1. The van der Waals surface area contributed by atoms with E-state index in [9.17, 15) is 9.18 Å². The van der Waals surface area contributed by atoms with Crippen molar-refractivity contribution in [3.05, 3.63) is 47.8 Å². The molecule has 0 unspecified atom stereocenters. The molecule has 0 saturated carbocycles. The Morgan fingerprint density at radius 2 is 1.67 bits per heavy atom. The first-order valence-corrected chi connectivity index (χ1v) is 8.51. The van der Waals surface area contributed by atoms with Crippen LogP contribution in [0.3, 0.4) is 0 Å². The molecule has 0 aliphatic rings. The van der Waals surface area contributed by atoms with Crippen molar-refractivity contribution in [3.8, 4) is 23.0 Å². The summed E-state index contributed by atoms with van der Waals surface area (Å²) >= 11 is 0. The summed E-state index contributed by atoms with van der Waals surface area (Å²) in [4.78, 5) is 12.5. The lowest BCUT2D eigenvalue weighted by Gasteiger charge is -2.19. The van der Waals surface area contributed by atoms with Crippen LogP contribution in [0, 0.1) is 5.82 Å². The first-order chi connectivity index (χ1) is 13.0. The molecule has 0 spiro atoms. The van der Waals surface area contributed by atoms with Crippen molar-refractivity contribution >= 4 is 5.91 Å². The monoisotopic (exact) mass is 377 g/mol. The highest BCUT2D eigenvalue weighted by Crippen LogP contribution is 2.39. The highest BCUT2D eigenvalue weighted by atomic mass is 19.1. The fourth-order valence-corrected chi connectivity index (χ4v) is 2.60. The van der Waals surface area contributed by atoms with Gasteiger partial charge in [0.05, 0.1) is 21.3 Å². The molecule has 0 fully saturated rings. The summed E-state index contributed by atoms with van der Waals surface area (Å²) in [6.45, 7) is 2.07. The van der Waals surface area contributed by atoms with E-state index in [2.05, 4.69) is 5.32 Å². The number of hydrogen-bond donors (Lipinski definition) is 1. The third-order valence-electron chi connectivity index (χ3n) is 3.99. The van der Waals surface area contributed by atoms with Crippen molar-refractivity contribution in [1.29, 1.82) is 0 Å². The molecule has 7 heteroatoms. The maximum atomic E-state index is 13.0. The van der Waals surface area contributed by atoms with Crippen LogP contribution in [0.15, 0.2) is 36.4 Å². The van der Waals surface area contributed by atoms with E-state index in [4.69, 9.17) is 18.9 Å². The second kappa shape index (κ2) is 9.66. The number of benzene rings is 2. The molecule has 0 aliphatic carbocycles. The third-order valence-corrected chi connectivity index (χ3v) is 3.99. The van der Waals surface area contributed by atoms with Crippen molar-refractivity contribution in [2.24, 2.45) is 0 Å². The summed E-state index contributed by atoms with van der Waals surface area (Å²) in [7, 11) is 4.58. The topological polar surface area (TPSA) is 66.0 Å². The van der Waals surface area contributed by atoms with E-state index >= 15 is 0 Å². The van der Waals surface area contributed by atoms with Gasteiger partial charge in [0.2, 0.25) is 5.75 Å². The van der Waals surface area contributed by atoms with Crippen molar-refractivity contribution in [2.45, 2.75) is 26.0 Å². The summed E-state index contributed by atoms with van der Waals surface area (Å²) < 4.78 is 34.7. The predicted molar refractivity (Wildman–Crippen MR) is 99.1 cm³/mol. The van der Waals surface area contributed by atoms with Gasteiger partial charge in [0.25, 0.3) is 5.91 Å². The van der Waals surface area contributed by atoms with Crippen LogP contribution in [-0.4, -0.2) is 33.3 Å². The summed E-state index contributed by atoms with van der Waals surface area (Å²) in [5.41, 5.74) is 0.736. The lowest BCUT2D eigenvalue weighted by atomic mass is 10.1. The van der Waals surface area contributed by atoms with Gasteiger partial charge < -0.3 is 24.3 Å². The van der Waals surface area contributed by atoms with Crippen molar-refractivity contribution in [1.82, 2.24) is 5.32 Å². The van der Waals surface area contributed by atoms with Crippen LogP contribution in [0.4, 0.5) is 4.39 Å². The highest BCUT2D eigenvalue weighted by molar-refractivity contribution is 5.81. The molecule has 2 aromatic rings. The standard InChI is InChI=1S/C20H24FNO5/c1-5-16(27-15-9-7-14(21)8-10-15)20(23)22-12-13-6-11-17(24-2)19(26-4)18(13)25-3/h6-11,16H,5,12H2,1-4H3,(H,22,23)/t16-/m1/s1. The SMILES string of the molecule is CC[C@@H](Oc1ccc(F)cc1)C(=O)NCc1ccc(OC)c(OC)c1OC. The number of rotatable bonds is 9. The van der Waals surface area contributed by atoms with Gasteiger partial charge in [-0.05, 0) is 42.8 Å². The van der Waals surface area contributed by atoms with E-state index in [-0.39, 0.29) is 18.3 Å². The Bertz CT molecular complexity index is 764. The van der Waals surface area contributed by atoms with Gasteiger partial charge in [0.1, 0.15) is 11.6 Å². The van der Waals surface area contributed by atoms with Gasteiger partial charge in [-0.1, -0.05) is 6.92 Å². The van der Waals surface area contributed by atoms with Crippen LogP contribution in [0.2, 0.25) is 0 Å². The lowest BCUT2D eigenvalue weighted by Crippen LogP contribution is -2.37. The highest BCUT2D eigenvalue weighted by Gasteiger charge is 2.20. The zero-order valence-electron chi connectivity index (χ0n) is 15.9. The smallest absolute Gasteiger partial charge is 0.261 e. The van der Waals surface area contributed by atoms with Crippen LogP contribution < -0.4 is 24.3 Å². The van der Waals surface area contributed by atoms with Crippen LogP contribution in [-0.2, 0) is 11.3 Å². The van der Waals surface area contributed by atoms with Gasteiger partial charge in [-0.15, -0.1) is 0 Å². The number of nitrogens with one attached hydrogen (secondary N) is 1. The molecule has 1 amide bonds. The first-order valence-electron chi connectivity index (χ1n) is 8.51. The molecule has 0 aliphatic heterocycles. The maximum absolute atomic E-state index is 13.0. The molecule has 1 atom stereocenters. The minimum atomic E-state index is -0.693. The van der Waals surface area contributed by atoms with Crippen LogP contribution in [0.5, 0.6) is 23.0 Å². The van der Waals surface area contributed by atoms with E-state index in [0.29, 0.717) is 29.4 Å². The van der Waals surface area contributed by atoms with E-state index < -0.39 is 6.10 Å². The van der Waals surface area contributed by atoms with Crippen LogP contribution in [0.25, 0.3) is 0 Å². The maximum Gasteiger partial charge on any atom is 0.261 e. The predicted octanol–water partition coefficient (Wildman–Crippen LogP) is 3.33. The molecule has 0 aromatic heterocycles. The molecule has 2 rings (SSSR count). The lowest BCUT2D eigenvalue weighted by molar-refractivity contribution is -0.128. The van der Waals surface area contributed by atoms with Crippen LogP contribution >= 0.6 is 0 Å². The van der Waals surface area contributed by atoms with Crippen LogP contribution in [0.1, 0.15) is 18.9 Å². The molecular weight excluding hydrogens is 353 g/mol. The minimum Gasteiger partial charge on any atom is -0.493 e. The summed E-state index contributed by atoms with van der Waals surface area (Å²) in [5.74, 6) is 1.28. The van der Waals surface area contributed by atoms with E-state index in [0.717, 1.165) is 5.56 Å². The van der Waals surface area contributed by atoms with E-state index in [1.807, 2.05) is 6.92 Å². The number of ether oxygens (including phenoxy) is 4. The number of amides is 1. The zero-order chi connectivity index (χ0) is 19.8. The normalized spacial score (nSPS) is 11.4. The number of methoxy groups -OCH3 is 3. The number of halogens is 1. The average Bonchev–Trinajstić information content (AvgIpc) is 2.70. The zero-order valence-corrected chi connectivity index (χ0v) is 15.9. The fourth-order valence-electron chi connectivity index (χ4n) is 2.60. The van der Waals surface area contributed by atoms with E-state index in [1.54, 1.807) is 12.1 Å². The van der Waals surface area contributed by atoms with Gasteiger partial charge in [-0.2, -0.15) is 0 Å². The molecule has 2 aromatic carbocycles. The second-order valence-corrected chi connectivity index (χ2v) is 5.68. The Labute approximate surface area is 158 Å². The largest absolute Gasteiger partial charge is 0.493 e. The molecule has 0 bridgehead atoms. The van der Waals surface area contributed by atoms with E-state index in [1.165, 1.54) is 45.6 Å². The van der Waals surface area contributed by atoms with Crippen molar-refractivity contribution in [3.63, 3.8) is 0 Å². The second-order valence-electron chi connectivity index (χ2n) is 5.68. The Morgan fingerprint density at radius 3 is 2.22 bits per heavy atom. The average molecular weight is 377 g/mol. The first kappa shape index (κ1) is 20.4. The summed E-state index contributed by atoms with van der Waals surface area (Å²) in [6, 6.07) is 9.09. The quantitative estimate of drug-likeness (QED) is 0.726. The Kier molecular flexibility index (Phi) is 7.28. The van der Waals surface area contributed by atoms with Gasteiger partial charge in [0.15, 0.2) is 17.6 Å². The summed E-state index contributed by atoms with van der Waals surface area (Å²) in [5, 5.41) is 2.83. The van der Waals surface area contributed by atoms with Gasteiger partial charge in [-0.3, -0.25) is 4.79 Å². The molecular formula is C20H24FNO5. The fraction of sp³-hybridized carbons (Fsp3) is 0.350. The minimum absolute atomic E-state index is 0.228. The molecule has 0 radical (unpaired) electrons. The molecule has 146 valence electrons.